The van der Waals surface area contributed by atoms with Crippen molar-refractivity contribution in [3.63, 3.8) is 0 Å². The normalized spacial score (nSPS) is 13.7. The number of fused-ring (bicyclic) bond motifs is 3. The first-order valence-electron chi connectivity index (χ1n) is 7.24. The van der Waals surface area contributed by atoms with Gasteiger partial charge in [-0.3, -0.25) is 4.99 Å². The van der Waals surface area contributed by atoms with E-state index in [1.807, 2.05) is 47.2 Å². The maximum absolute atomic E-state index is 12.6. The van der Waals surface area contributed by atoms with Crippen LogP contribution in [0.15, 0.2) is 60.0 Å². The Hall–Kier alpha value is -2.96. The van der Waals surface area contributed by atoms with Gasteiger partial charge in [0.25, 0.3) is 0 Å². The predicted molar refractivity (Wildman–Crippen MR) is 82.1 cm³/mol. The second-order valence-corrected chi connectivity index (χ2v) is 5.35. The molecule has 0 saturated carbocycles. The van der Waals surface area contributed by atoms with Crippen LogP contribution in [0.25, 0.3) is 5.69 Å². The fourth-order valence-electron chi connectivity index (χ4n) is 2.74. The molecule has 4 nitrogen and oxygen atoms in total. The van der Waals surface area contributed by atoms with E-state index in [0.29, 0.717) is 17.8 Å². The van der Waals surface area contributed by atoms with Crippen molar-refractivity contribution in [3.05, 3.63) is 77.6 Å². The highest BCUT2D eigenvalue weighted by Gasteiger charge is 2.34. The molecule has 0 N–H and O–H groups in total. The molecule has 0 fully saturated rings. The fraction of sp³-hybridized carbons (Fsp3) is 0.118. The largest absolute Gasteiger partial charge is 0.451 e. The van der Waals surface area contributed by atoms with Crippen LogP contribution in [0.2, 0.25) is 0 Å². The molecule has 0 saturated heterocycles. The molecule has 1 aromatic carbocycles. The van der Waals surface area contributed by atoms with Crippen LogP contribution >= 0.6 is 0 Å². The van der Waals surface area contributed by atoms with E-state index in [0.717, 1.165) is 16.9 Å². The first-order chi connectivity index (χ1) is 11.5. The van der Waals surface area contributed by atoms with Crippen LogP contribution in [0.1, 0.15) is 22.6 Å². The predicted octanol–water partition coefficient (Wildman–Crippen LogP) is 3.64. The number of halogens is 3. The van der Waals surface area contributed by atoms with Crippen molar-refractivity contribution in [2.24, 2.45) is 4.99 Å². The third kappa shape index (κ3) is 2.38. The lowest BCUT2D eigenvalue weighted by atomic mass is 10.1. The number of aromatic nitrogens is 3. The summed E-state index contributed by atoms with van der Waals surface area (Å²) < 4.78 is 39.9. The molecule has 0 amide bonds. The Bertz CT molecular complexity index is 924. The maximum Gasteiger partial charge on any atom is 0.451 e. The average molecular weight is 328 g/mol. The first-order valence-corrected chi connectivity index (χ1v) is 7.24. The number of hydrogen-bond donors (Lipinski definition) is 0. The molecule has 3 heterocycles. The van der Waals surface area contributed by atoms with Gasteiger partial charge in [-0.2, -0.15) is 13.2 Å². The van der Waals surface area contributed by atoms with Crippen molar-refractivity contribution in [1.29, 1.82) is 0 Å². The van der Waals surface area contributed by atoms with Crippen molar-refractivity contribution in [3.8, 4) is 5.69 Å². The van der Waals surface area contributed by atoms with Gasteiger partial charge in [0.05, 0.1) is 23.6 Å². The molecule has 4 rings (SSSR count). The van der Waals surface area contributed by atoms with E-state index >= 15 is 0 Å². The zero-order valence-corrected chi connectivity index (χ0v) is 12.3. The molecule has 3 aromatic rings. The Morgan fingerprint density at radius 3 is 2.46 bits per heavy atom. The lowest BCUT2D eigenvalue weighted by molar-refractivity contribution is -0.145. The van der Waals surface area contributed by atoms with Gasteiger partial charge in [-0.15, -0.1) is 0 Å². The lowest BCUT2D eigenvalue weighted by Gasteiger charge is -2.10. The molecule has 0 unspecified atom stereocenters. The number of rotatable bonds is 1. The van der Waals surface area contributed by atoms with Gasteiger partial charge in [0.2, 0.25) is 5.82 Å². The van der Waals surface area contributed by atoms with E-state index in [1.54, 1.807) is 0 Å². The van der Waals surface area contributed by atoms with Gasteiger partial charge in [-0.1, -0.05) is 18.2 Å². The van der Waals surface area contributed by atoms with Crippen LogP contribution in [0.3, 0.4) is 0 Å². The summed E-state index contributed by atoms with van der Waals surface area (Å²) in [6.45, 7) is 0.439. The Morgan fingerprint density at radius 2 is 1.71 bits per heavy atom. The number of nitrogens with zero attached hydrogens (tertiary/aromatic N) is 4. The first kappa shape index (κ1) is 14.6. The fourth-order valence-corrected chi connectivity index (χ4v) is 2.74. The molecule has 0 spiro atoms. The van der Waals surface area contributed by atoms with Crippen molar-refractivity contribution >= 4 is 5.71 Å². The molecular formula is C17H11F3N4. The zero-order chi connectivity index (χ0) is 16.7. The van der Waals surface area contributed by atoms with Gasteiger partial charge in [-0.25, -0.2) is 9.97 Å². The number of hydrogen-bond acceptors (Lipinski definition) is 3. The molecule has 24 heavy (non-hydrogen) atoms. The summed E-state index contributed by atoms with van der Waals surface area (Å²) in [4.78, 5) is 11.4. The highest BCUT2D eigenvalue weighted by molar-refractivity contribution is 6.12. The minimum absolute atomic E-state index is 0.439. The number of alkyl halides is 3. The molecule has 2 aromatic heterocycles. The molecule has 0 bridgehead atoms. The van der Waals surface area contributed by atoms with Crippen molar-refractivity contribution in [1.82, 2.24) is 14.5 Å². The standard InChI is InChI=1S/C17H11F3N4/c18-17(19,20)16-22-9-12(10-23-16)15-14-6-3-7-24(14)13-5-2-1-4-11(13)8-21-15/h1-7,9-10H,8H2. The van der Waals surface area contributed by atoms with Gasteiger partial charge in [-0.05, 0) is 23.8 Å². The van der Waals surface area contributed by atoms with Gasteiger partial charge >= 0.3 is 6.18 Å². The summed E-state index contributed by atoms with van der Waals surface area (Å²) in [5.74, 6) is -1.15. The van der Waals surface area contributed by atoms with Crippen LogP contribution in [0, 0.1) is 0 Å². The van der Waals surface area contributed by atoms with E-state index in [9.17, 15) is 13.2 Å². The maximum atomic E-state index is 12.6. The van der Waals surface area contributed by atoms with Crippen LogP contribution < -0.4 is 0 Å². The van der Waals surface area contributed by atoms with Gasteiger partial charge in [0.15, 0.2) is 0 Å². The lowest BCUT2D eigenvalue weighted by Crippen LogP contribution is -2.14. The summed E-state index contributed by atoms with van der Waals surface area (Å²) >= 11 is 0. The van der Waals surface area contributed by atoms with Crippen LogP contribution in [0.5, 0.6) is 0 Å². The molecule has 0 radical (unpaired) electrons. The minimum Gasteiger partial charge on any atom is -0.315 e. The molecule has 1 aliphatic heterocycles. The smallest absolute Gasteiger partial charge is 0.315 e. The highest BCUT2D eigenvalue weighted by atomic mass is 19.4. The average Bonchev–Trinajstić information content (AvgIpc) is 2.99. The second-order valence-electron chi connectivity index (χ2n) is 5.35. The number of para-hydroxylation sites is 1. The molecule has 0 aliphatic carbocycles. The zero-order valence-electron chi connectivity index (χ0n) is 12.3. The summed E-state index contributed by atoms with van der Waals surface area (Å²) in [7, 11) is 0. The van der Waals surface area contributed by atoms with E-state index in [4.69, 9.17) is 0 Å². The topological polar surface area (TPSA) is 43.1 Å². The van der Waals surface area contributed by atoms with Crippen LogP contribution in [0.4, 0.5) is 13.2 Å². The quantitative estimate of drug-likeness (QED) is 0.684. The van der Waals surface area contributed by atoms with Gasteiger partial charge < -0.3 is 4.57 Å². The summed E-state index contributed by atoms with van der Waals surface area (Å²) in [6.07, 6.45) is -0.315. The van der Waals surface area contributed by atoms with Gasteiger partial charge in [0, 0.05) is 24.2 Å². The Kier molecular flexibility index (Phi) is 3.23. The molecule has 0 atom stereocenters. The number of benzene rings is 1. The van der Waals surface area contributed by atoms with E-state index in [1.165, 1.54) is 12.4 Å². The highest BCUT2D eigenvalue weighted by Crippen LogP contribution is 2.27. The monoisotopic (exact) mass is 328 g/mol. The third-order valence-corrected chi connectivity index (χ3v) is 3.83. The number of aliphatic imine (C=N–C) groups is 1. The van der Waals surface area contributed by atoms with E-state index < -0.39 is 12.0 Å². The second kappa shape index (κ2) is 5.30. The Labute approximate surface area is 135 Å². The molecule has 120 valence electrons. The Morgan fingerprint density at radius 1 is 0.958 bits per heavy atom. The van der Waals surface area contributed by atoms with Crippen molar-refractivity contribution in [2.75, 3.05) is 0 Å². The SMILES string of the molecule is FC(F)(F)c1ncc(C2=NCc3ccccc3-n3cccc32)cn1. The van der Waals surface area contributed by atoms with Crippen LogP contribution in [-0.2, 0) is 12.7 Å². The molecular weight excluding hydrogens is 317 g/mol. The molecule has 7 heteroatoms. The van der Waals surface area contributed by atoms with Gasteiger partial charge in [0.1, 0.15) is 0 Å². The van der Waals surface area contributed by atoms with Crippen LogP contribution in [-0.4, -0.2) is 20.2 Å². The summed E-state index contributed by atoms with van der Waals surface area (Å²) in [5.41, 5.74) is 3.87. The van der Waals surface area contributed by atoms with Crippen molar-refractivity contribution < 1.29 is 13.2 Å². The van der Waals surface area contributed by atoms with Crippen molar-refractivity contribution in [2.45, 2.75) is 12.7 Å². The Balaban J connectivity index is 1.82. The van der Waals surface area contributed by atoms with E-state index in [-0.39, 0.29) is 0 Å². The summed E-state index contributed by atoms with van der Waals surface area (Å²) in [6, 6.07) is 11.6. The minimum atomic E-state index is -4.56. The molecule has 1 aliphatic rings. The summed E-state index contributed by atoms with van der Waals surface area (Å²) in [5, 5.41) is 0. The third-order valence-electron chi connectivity index (χ3n) is 3.83. The van der Waals surface area contributed by atoms with E-state index in [2.05, 4.69) is 15.0 Å².